The molecule has 0 bridgehead atoms. The summed E-state index contributed by atoms with van der Waals surface area (Å²) >= 11 is 7.39. The van der Waals surface area contributed by atoms with Crippen molar-refractivity contribution in [3.8, 4) is 5.75 Å². The van der Waals surface area contributed by atoms with Gasteiger partial charge in [0, 0.05) is 42.8 Å². The number of nitrogens with zero attached hydrogens (tertiary/aromatic N) is 4. The summed E-state index contributed by atoms with van der Waals surface area (Å²) in [6.07, 6.45) is 2.12. The Morgan fingerprint density at radius 3 is 2.62 bits per heavy atom. The molecule has 4 rings (SSSR count). The van der Waals surface area contributed by atoms with E-state index in [4.69, 9.17) is 16.3 Å². The lowest BCUT2D eigenvalue weighted by Crippen LogP contribution is -2.49. The molecule has 1 aromatic carbocycles. The number of aromatic nitrogens is 2. The summed E-state index contributed by atoms with van der Waals surface area (Å²) in [5.41, 5.74) is 0.793. The van der Waals surface area contributed by atoms with Crippen molar-refractivity contribution in [1.29, 1.82) is 0 Å². The second kappa shape index (κ2) is 9.24. The molecule has 3 aromatic rings. The van der Waals surface area contributed by atoms with Gasteiger partial charge in [-0.25, -0.2) is 9.97 Å². The lowest BCUT2D eigenvalue weighted by Gasteiger charge is -2.35. The van der Waals surface area contributed by atoms with Crippen molar-refractivity contribution in [2.45, 2.75) is 13.0 Å². The second-order valence-corrected chi connectivity index (χ2v) is 8.09. The number of carbonyl (C=O) groups excluding carboxylic acids is 1. The van der Waals surface area contributed by atoms with E-state index in [-0.39, 0.29) is 5.91 Å². The van der Waals surface area contributed by atoms with Crippen LogP contribution in [-0.2, 0) is 17.8 Å². The van der Waals surface area contributed by atoms with Crippen LogP contribution in [0.1, 0.15) is 10.7 Å². The number of hydrogen-bond donors (Lipinski definition) is 0. The summed E-state index contributed by atoms with van der Waals surface area (Å²) in [5, 5.41) is 3.46. The van der Waals surface area contributed by atoms with E-state index in [1.54, 1.807) is 18.3 Å². The Kier molecular flexibility index (Phi) is 6.27. The molecule has 1 amide bonds. The Balaban J connectivity index is 1.25. The number of hydrogen-bond acceptors (Lipinski definition) is 6. The number of carbonyl (C=O) groups is 1. The Labute approximate surface area is 178 Å². The number of rotatable bonds is 6. The minimum atomic E-state index is 0.112. The minimum Gasteiger partial charge on any atom is -0.486 e. The smallest absolute Gasteiger partial charge is 0.228 e. The number of amides is 1. The first-order valence-corrected chi connectivity index (χ1v) is 10.7. The van der Waals surface area contributed by atoms with E-state index in [1.807, 2.05) is 40.6 Å². The van der Waals surface area contributed by atoms with Gasteiger partial charge in [-0.1, -0.05) is 17.7 Å². The molecular weight excluding hydrogens is 408 g/mol. The lowest BCUT2D eigenvalue weighted by molar-refractivity contribution is -0.130. The predicted octanol–water partition coefficient (Wildman–Crippen LogP) is 3.66. The maximum atomic E-state index is 12.6. The molecule has 0 atom stereocenters. The maximum absolute atomic E-state index is 12.6. The van der Waals surface area contributed by atoms with Crippen molar-refractivity contribution in [1.82, 2.24) is 14.9 Å². The number of thiazole rings is 1. The maximum Gasteiger partial charge on any atom is 0.228 e. The lowest BCUT2D eigenvalue weighted by atomic mass is 10.2. The van der Waals surface area contributed by atoms with Crippen molar-refractivity contribution in [2.75, 3.05) is 31.1 Å². The van der Waals surface area contributed by atoms with Crippen molar-refractivity contribution >= 4 is 34.7 Å². The van der Waals surface area contributed by atoms with Gasteiger partial charge in [-0.05, 0) is 36.4 Å². The summed E-state index contributed by atoms with van der Waals surface area (Å²) in [7, 11) is 0. The number of ether oxygens (including phenoxy) is 1. The third-order valence-corrected chi connectivity index (χ3v) is 5.84. The zero-order valence-corrected chi connectivity index (χ0v) is 17.4. The average Bonchev–Trinajstić information content (AvgIpc) is 3.21. The monoisotopic (exact) mass is 428 g/mol. The van der Waals surface area contributed by atoms with Crippen LogP contribution in [0.4, 0.5) is 5.82 Å². The van der Waals surface area contributed by atoms with Crippen LogP contribution in [-0.4, -0.2) is 47.0 Å². The fraction of sp³-hybridized carbons (Fsp3) is 0.286. The van der Waals surface area contributed by atoms with Crippen molar-refractivity contribution < 1.29 is 9.53 Å². The first-order chi connectivity index (χ1) is 14.2. The number of piperazine rings is 1. The van der Waals surface area contributed by atoms with Crippen molar-refractivity contribution in [3.05, 3.63) is 69.8 Å². The third kappa shape index (κ3) is 5.25. The van der Waals surface area contributed by atoms with E-state index in [0.717, 1.165) is 35.4 Å². The SMILES string of the molecule is O=C(Cc1csc(COc2ccc(Cl)cc2)n1)N1CCN(c2ccccn2)CC1. The molecule has 29 heavy (non-hydrogen) atoms. The molecule has 0 radical (unpaired) electrons. The van der Waals surface area contributed by atoms with Gasteiger partial charge in [0.05, 0.1) is 12.1 Å². The van der Waals surface area contributed by atoms with Gasteiger partial charge in [-0.2, -0.15) is 0 Å². The second-order valence-electron chi connectivity index (χ2n) is 6.71. The Morgan fingerprint density at radius 2 is 1.90 bits per heavy atom. The zero-order chi connectivity index (χ0) is 20.1. The van der Waals surface area contributed by atoms with E-state index in [2.05, 4.69) is 14.9 Å². The molecule has 0 saturated carbocycles. The van der Waals surface area contributed by atoms with Gasteiger partial charge in [-0.15, -0.1) is 11.3 Å². The summed E-state index contributed by atoms with van der Waals surface area (Å²) in [6.45, 7) is 3.36. The van der Waals surface area contributed by atoms with Crippen LogP contribution in [0.2, 0.25) is 5.02 Å². The zero-order valence-electron chi connectivity index (χ0n) is 15.8. The molecule has 1 fully saturated rings. The van der Waals surface area contributed by atoms with E-state index in [0.29, 0.717) is 31.1 Å². The van der Waals surface area contributed by atoms with Crippen molar-refractivity contribution in [3.63, 3.8) is 0 Å². The minimum absolute atomic E-state index is 0.112. The summed E-state index contributed by atoms with van der Waals surface area (Å²) in [6, 6.07) is 13.1. The van der Waals surface area contributed by atoms with Crippen LogP contribution in [0.5, 0.6) is 5.75 Å². The van der Waals surface area contributed by atoms with Crippen molar-refractivity contribution in [2.24, 2.45) is 0 Å². The highest BCUT2D eigenvalue weighted by atomic mass is 35.5. The first kappa shape index (κ1) is 19.7. The summed E-state index contributed by atoms with van der Waals surface area (Å²) in [4.78, 5) is 25.7. The standard InChI is InChI=1S/C21H21ClN4O2S/c22-16-4-6-18(7-5-16)28-14-20-24-17(15-29-20)13-21(27)26-11-9-25(10-12-26)19-3-1-2-8-23-19/h1-8,15H,9-14H2. The summed E-state index contributed by atoms with van der Waals surface area (Å²) < 4.78 is 5.72. The van der Waals surface area contributed by atoms with Gasteiger partial charge < -0.3 is 14.5 Å². The van der Waals surface area contributed by atoms with E-state index >= 15 is 0 Å². The van der Waals surface area contributed by atoms with Gasteiger partial charge in [-0.3, -0.25) is 4.79 Å². The van der Waals surface area contributed by atoms with E-state index < -0.39 is 0 Å². The molecule has 0 unspecified atom stereocenters. The first-order valence-electron chi connectivity index (χ1n) is 9.43. The molecule has 1 aliphatic rings. The number of halogens is 1. The van der Waals surface area contributed by atoms with Gasteiger partial charge in [0.15, 0.2) is 0 Å². The summed E-state index contributed by atoms with van der Waals surface area (Å²) in [5.74, 6) is 1.82. The molecule has 6 nitrogen and oxygen atoms in total. The van der Waals surface area contributed by atoms with Gasteiger partial charge in [0.2, 0.25) is 5.91 Å². The van der Waals surface area contributed by atoms with Crippen LogP contribution in [0.3, 0.4) is 0 Å². The van der Waals surface area contributed by atoms with Crippen LogP contribution < -0.4 is 9.64 Å². The van der Waals surface area contributed by atoms with Gasteiger partial charge in [0.25, 0.3) is 0 Å². The normalized spacial score (nSPS) is 14.1. The Hall–Kier alpha value is -2.64. The molecule has 0 aliphatic carbocycles. The highest BCUT2D eigenvalue weighted by molar-refractivity contribution is 7.09. The quantitative estimate of drug-likeness (QED) is 0.599. The fourth-order valence-corrected chi connectivity index (χ4v) is 4.00. The number of anilines is 1. The number of pyridine rings is 1. The largest absolute Gasteiger partial charge is 0.486 e. The molecule has 1 aliphatic heterocycles. The molecule has 8 heteroatoms. The Bertz CT molecular complexity index is 941. The van der Waals surface area contributed by atoms with Gasteiger partial charge >= 0.3 is 0 Å². The molecule has 0 spiro atoms. The number of benzene rings is 1. The van der Waals surface area contributed by atoms with E-state index in [9.17, 15) is 4.79 Å². The highest BCUT2D eigenvalue weighted by Gasteiger charge is 2.22. The molecular formula is C21H21ClN4O2S. The molecule has 2 aromatic heterocycles. The average molecular weight is 429 g/mol. The molecule has 3 heterocycles. The van der Waals surface area contributed by atoms with Gasteiger partial charge in [0.1, 0.15) is 23.2 Å². The van der Waals surface area contributed by atoms with Crippen LogP contribution in [0, 0.1) is 0 Å². The highest BCUT2D eigenvalue weighted by Crippen LogP contribution is 2.19. The van der Waals surface area contributed by atoms with E-state index in [1.165, 1.54) is 11.3 Å². The molecule has 150 valence electrons. The molecule has 1 saturated heterocycles. The van der Waals surface area contributed by atoms with Crippen LogP contribution in [0.25, 0.3) is 0 Å². The fourth-order valence-electron chi connectivity index (χ4n) is 3.16. The topological polar surface area (TPSA) is 58.6 Å². The van der Waals surface area contributed by atoms with Crippen LogP contribution >= 0.6 is 22.9 Å². The predicted molar refractivity (Wildman–Crippen MR) is 115 cm³/mol. The van der Waals surface area contributed by atoms with Crippen LogP contribution in [0.15, 0.2) is 54.0 Å². The Morgan fingerprint density at radius 1 is 1.10 bits per heavy atom. The third-order valence-electron chi connectivity index (χ3n) is 4.71. The molecule has 0 N–H and O–H groups in total.